The molecule has 6 nitrogen and oxygen atoms in total. The number of amides is 2. The van der Waals surface area contributed by atoms with Crippen molar-refractivity contribution in [2.75, 3.05) is 6.54 Å². The summed E-state index contributed by atoms with van der Waals surface area (Å²) in [6.07, 6.45) is 0. The summed E-state index contributed by atoms with van der Waals surface area (Å²) in [6.45, 7) is 6.49. The van der Waals surface area contributed by atoms with Crippen molar-refractivity contribution in [2.24, 2.45) is 5.92 Å². The second-order valence-electron chi connectivity index (χ2n) is 4.28. The highest BCUT2D eigenvalue weighted by Gasteiger charge is 2.14. The lowest BCUT2D eigenvalue weighted by Crippen LogP contribution is -2.36. The number of thiazole rings is 1. The topological polar surface area (TPSA) is 91.3 Å². The van der Waals surface area contributed by atoms with Gasteiger partial charge in [0.2, 0.25) is 0 Å². The van der Waals surface area contributed by atoms with E-state index in [1.54, 1.807) is 6.92 Å². The number of urea groups is 1. The largest absolute Gasteiger partial charge is 0.477 e. The minimum absolute atomic E-state index is 0.217. The van der Waals surface area contributed by atoms with Gasteiger partial charge in [-0.25, -0.2) is 14.6 Å². The number of carbonyl (C=O) groups is 2. The maximum Gasteiger partial charge on any atom is 0.347 e. The van der Waals surface area contributed by atoms with Gasteiger partial charge >= 0.3 is 12.0 Å². The highest BCUT2D eigenvalue weighted by Crippen LogP contribution is 2.17. The summed E-state index contributed by atoms with van der Waals surface area (Å²) in [6, 6.07) is -0.270. The SMILES string of the molecule is Cc1nc(CNC(=O)NCC(C)C)sc1C(=O)O. The van der Waals surface area contributed by atoms with Gasteiger partial charge < -0.3 is 15.7 Å². The van der Waals surface area contributed by atoms with Crippen molar-refractivity contribution in [1.29, 1.82) is 0 Å². The third-order valence-electron chi connectivity index (χ3n) is 2.11. The van der Waals surface area contributed by atoms with Gasteiger partial charge in [0.15, 0.2) is 0 Å². The maximum absolute atomic E-state index is 11.4. The number of aryl methyl sites for hydroxylation is 1. The second kappa shape index (κ2) is 6.34. The first-order valence-corrected chi connectivity index (χ1v) is 6.43. The Morgan fingerprint density at radius 3 is 2.56 bits per heavy atom. The van der Waals surface area contributed by atoms with E-state index in [1.807, 2.05) is 13.8 Å². The molecule has 0 aliphatic rings. The molecule has 0 spiro atoms. The Hall–Kier alpha value is -1.63. The molecule has 0 radical (unpaired) electrons. The molecule has 3 N–H and O–H groups in total. The van der Waals surface area contributed by atoms with E-state index in [9.17, 15) is 9.59 Å². The summed E-state index contributed by atoms with van der Waals surface area (Å²) in [5, 5.41) is 14.8. The minimum Gasteiger partial charge on any atom is -0.477 e. The quantitative estimate of drug-likeness (QED) is 0.758. The monoisotopic (exact) mass is 271 g/mol. The fraction of sp³-hybridized carbons (Fsp3) is 0.545. The summed E-state index contributed by atoms with van der Waals surface area (Å²) in [4.78, 5) is 26.5. The molecular formula is C11H17N3O3S. The fourth-order valence-corrected chi connectivity index (χ4v) is 2.08. The first kappa shape index (κ1) is 14.4. The van der Waals surface area contributed by atoms with Gasteiger partial charge in [0.25, 0.3) is 0 Å². The van der Waals surface area contributed by atoms with E-state index in [2.05, 4.69) is 15.6 Å². The van der Waals surface area contributed by atoms with Crippen molar-refractivity contribution in [2.45, 2.75) is 27.3 Å². The number of aromatic nitrogens is 1. The standard InChI is InChI=1S/C11H17N3O3S/c1-6(2)4-12-11(17)13-5-8-14-7(3)9(18-8)10(15)16/h6H,4-5H2,1-3H3,(H,15,16)(H2,12,13,17). The van der Waals surface area contributed by atoms with E-state index in [0.717, 1.165) is 11.3 Å². The van der Waals surface area contributed by atoms with E-state index in [4.69, 9.17) is 5.11 Å². The van der Waals surface area contributed by atoms with E-state index in [0.29, 0.717) is 23.2 Å². The Morgan fingerprint density at radius 2 is 2.06 bits per heavy atom. The van der Waals surface area contributed by atoms with Crippen LogP contribution in [0.1, 0.15) is 34.2 Å². The van der Waals surface area contributed by atoms with Gasteiger partial charge in [0, 0.05) is 6.54 Å². The highest BCUT2D eigenvalue weighted by atomic mass is 32.1. The third kappa shape index (κ3) is 4.33. The number of hydrogen-bond donors (Lipinski definition) is 3. The first-order valence-electron chi connectivity index (χ1n) is 5.61. The van der Waals surface area contributed by atoms with Gasteiger partial charge in [-0.15, -0.1) is 11.3 Å². The Morgan fingerprint density at radius 1 is 1.39 bits per heavy atom. The summed E-state index contributed by atoms with van der Waals surface area (Å²) in [5.74, 6) is -0.600. The molecule has 0 unspecified atom stereocenters. The zero-order valence-electron chi connectivity index (χ0n) is 10.6. The molecule has 2 amide bonds. The molecule has 0 fully saturated rings. The van der Waals surface area contributed by atoms with Gasteiger partial charge in [0.1, 0.15) is 9.88 Å². The van der Waals surface area contributed by atoms with Crippen LogP contribution in [-0.2, 0) is 6.54 Å². The Kier molecular flexibility index (Phi) is 5.08. The summed E-state index contributed by atoms with van der Waals surface area (Å²) < 4.78 is 0. The molecule has 0 saturated heterocycles. The molecule has 0 aliphatic heterocycles. The number of rotatable bonds is 5. The van der Waals surface area contributed by atoms with Crippen LogP contribution in [0, 0.1) is 12.8 Å². The molecular weight excluding hydrogens is 254 g/mol. The van der Waals surface area contributed by atoms with Gasteiger partial charge in [0.05, 0.1) is 12.2 Å². The Balaban J connectivity index is 2.46. The zero-order valence-corrected chi connectivity index (χ0v) is 11.4. The average molecular weight is 271 g/mol. The summed E-state index contributed by atoms with van der Waals surface area (Å²) >= 11 is 1.08. The Labute approximate surface area is 109 Å². The zero-order chi connectivity index (χ0) is 13.7. The van der Waals surface area contributed by atoms with Gasteiger partial charge in [-0.2, -0.15) is 0 Å². The Bertz CT molecular complexity index is 443. The average Bonchev–Trinajstić information content (AvgIpc) is 2.65. The van der Waals surface area contributed by atoms with E-state index < -0.39 is 5.97 Å². The molecule has 1 heterocycles. The molecule has 0 aromatic carbocycles. The maximum atomic E-state index is 11.4. The predicted octanol–water partition coefficient (Wildman–Crippen LogP) is 1.60. The molecule has 0 saturated carbocycles. The molecule has 1 aromatic heterocycles. The summed E-state index contributed by atoms with van der Waals surface area (Å²) in [5.41, 5.74) is 0.479. The molecule has 1 rings (SSSR count). The molecule has 0 bridgehead atoms. The van der Waals surface area contributed by atoms with Crippen LogP contribution in [0.2, 0.25) is 0 Å². The van der Waals surface area contributed by atoms with Crippen LogP contribution >= 0.6 is 11.3 Å². The van der Waals surface area contributed by atoms with Crippen molar-refractivity contribution in [3.05, 3.63) is 15.6 Å². The number of aromatic carboxylic acids is 1. The van der Waals surface area contributed by atoms with E-state index in [-0.39, 0.29) is 17.5 Å². The van der Waals surface area contributed by atoms with Crippen LogP contribution in [-0.4, -0.2) is 28.6 Å². The second-order valence-corrected chi connectivity index (χ2v) is 5.37. The fourth-order valence-electron chi connectivity index (χ4n) is 1.24. The molecule has 18 heavy (non-hydrogen) atoms. The van der Waals surface area contributed by atoms with Crippen molar-refractivity contribution >= 4 is 23.3 Å². The number of carbonyl (C=O) groups excluding carboxylic acids is 1. The normalized spacial score (nSPS) is 10.4. The number of nitrogens with zero attached hydrogens (tertiary/aromatic N) is 1. The summed E-state index contributed by atoms with van der Waals surface area (Å²) in [7, 11) is 0. The number of nitrogens with one attached hydrogen (secondary N) is 2. The smallest absolute Gasteiger partial charge is 0.347 e. The van der Waals surface area contributed by atoms with Gasteiger partial charge in [-0.1, -0.05) is 13.8 Å². The van der Waals surface area contributed by atoms with E-state index in [1.165, 1.54) is 0 Å². The molecule has 7 heteroatoms. The molecule has 0 atom stereocenters. The number of hydrogen-bond acceptors (Lipinski definition) is 4. The van der Waals surface area contributed by atoms with Crippen molar-refractivity contribution < 1.29 is 14.7 Å². The van der Waals surface area contributed by atoms with Crippen LogP contribution in [0.3, 0.4) is 0 Å². The lowest BCUT2D eigenvalue weighted by atomic mass is 10.2. The van der Waals surface area contributed by atoms with Crippen LogP contribution in [0.5, 0.6) is 0 Å². The number of carboxylic acid groups (broad SMARTS) is 1. The highest BCUT2D eigenvalue weighted by molar-refractivity contribution is 7.13. The van der Waals surface area contributed by atoms with Crippen LogP contribution in [0.25, 0.3) is 0 Å². The van der Waals surface area contributed by atoms with Crippen molar-refractivity contribution in [1.82, 2.24) is 15.6 Å². The van der Waals surface area contributed by atoms with Crippen LogP contribution in [0.4, 0.5) is 4.79 Å². The lowest BCUT2D eigenvalue weighted by molar-refractivity contribution is 0.0701. The number of carboxylic acids is 1. The van der Waals surface area contributed by atoms with Crippen molar-refractivity contribution in [3.8, 4) is 0 Å². The van der Waals surface area contributed by atoms with Crippen LogP contribution < -0.4 is 10.6 Å². The van der Waals surface area contributed by atoms with Gasteiger partial charge in [-0.05, 0) is 12.8 Å². The predicted molar refractivity (Wildman–Crippen MR) is 68.9 cm³/mol. The minimum atomic E-state index is -0.986. The lowest BCUT2D eigenvalue weighted by Gasteiger charge is -2.07. The molecule has 100 valence electrons. The van der Waals surface area contributed by atoms with E-state index >= 15 is 0 Å². The molecule has 0 aliphatic carbocycles. The van der Waals surface area contributed by atoms with Crippen LogP contribution in [0.15, 0.2) is 0 Å². The third-order valence-corrected chi connectivity index (χ3v) is 3.25. The van der Waals surface area contributed by atoms with Gasteiger partial charge in [-0.3, -0.25) is 0 Å². The molecule has 1 aromatic rings. The first-order chi connectivity index (χ1) is 8.40. The van der Waals surface area contributed by atoms with Crippen molar-refractivity contribution in [3.63, 3.8) is 0 Å².